The number of carbonyl (C=O) groups excluding carboxylic acids is 2. The summed E-state index contributed by atoms with van der Waals surface area (Å²) in [5.41, 5.74) is 3.05. The second kappa shape index (κ2) is 6.52. The Balaban J connectivity index is 1.56. The molecule has 1 aliphatic carbocycles. The summed E-state index contributed by atoms with van der Waals surface area (Å²) in [6.07, 6.45) is 2.12. The van der Waals surface area contributed by atoms with Crippen LogP contribution in [0.1, 0.15) is 28.8 Å². The number of hydrogen-bond donors (Lipinski definition) is 3. The lowest BCUT2D eigenvalue weighted by Crippen LogP contribution is -2.25. The number of aryl methyl sites for hydroxylation is 1. The standard InChI is InChI=1S/C18H19N3O2/c1-12-3-2-4-16(11-12)21-18(23)20-15-7-5-13(6-8-15)17(22)19-14-9-10-14/h2-8,11,14H,9-10H2,1H3,(H,19,22)(H2,20,21,23). The Bertz CT molecular complexity index is 721. The molecule has 0 aliphatic heterocycles. The van der Waals surface area contributed by atoms with Gasteiger partial charge in [-0.3, -0.25) is 4.79 Å². The Morgan fingerprint density at radius 2 is 1.65 bits per heavy atom. The summed E-state index contributed by atoms with van der Waals surface area (Å²) < 4.78 is 0. The van der Waals surface area contributed by atoms with E-state index in [1.165, 1.54) is 0 Å². The second-order valence-corrected chi connectivity index (χ2v) is 5.77. The van der Waals surface area contributed by atoms with Crippen molar-refractivity contribution in [2.45, 2.75) is 25.8 Å². The van der Waals surface area contributed by atoms with Crippen molar-refractivity contribution in [1.29, 1.82) is 0 Å². The van der Waals surface area contributed by atoms with E-state index in [1.54, 1.807) is 24.3 Å². The van der Waals surface area contributed by atoms with Crippen molar-refractivity contribution < 1.29 is 9.59 Å². The topological polar surface area (TPSA) is 70.2 Å². The van der Waals surface area contributed by atoms with Crippen molar-refractivity contribution in [3.05, 3.63) is 59.7 Å². The molecule has 2 aromatic carbocycles. The van der Waals surface area contributed by atoms with Gasteiger partial charge in [-0.1, -0.05) is 12.1 Å². The van der Waals surface area contributed by atoms with Crippen LogP contribution in [0.3, 0.4) is 0 Å². The quantitative estimate of drug-likeness (QED) is 0.808. The Morgan fingerprint density at radius 1 is 0.957 bits per heavy atom. The number of urea groups is 1. The lowest BCUT2D eigenvalue weighted by molar-refractivity contribution is 0.0951. The van der Waals surface area contributed by atoms with E-state index in [-0.39, 0.29) is 11.9 Å². The average molecular weight is 309 g/mol. The van der Waals surface area contributed by atoms with E-state index >= 15 is 0 Å². The molecule has 23 heavy (non-hydrogen) atoms. The van der Waals surface area contributed by atoms with Crippen LogP contribution in [-0.2, 0) is 0 Å². The van der Waals surface area contributed by atoms with Crippen molar-refractivity contribution in [3.8, 4) is 0 Å². The maximum absolute atomic E-state index is 12.0. The lowest BCUT2D eigenvalue weighted by Gasteiger charge is -2.09. The fraction of sp³-hybridized carbons (Fsp3) is 0.222. The van der Waals surface area contributed by atoms with E-state index in [1.807, 2.05) is 31.2 Å². The summed E-state index contributed by atoms with van der Waals surface area (Å²) in [6.45, 7) is 1.97. The first-order valence-electron chi connectivity index (χ1n) is 7.66. The molecule has 0 unspecified atom stereocenters. The molecule has 3 rings (SSSR count). The Labute approximate surface area is 135 Å². The number of hydrogen-bond acceptors (Lipinski definition) is 2. The van der Waals surface area contributed by atoms with Gasteiger partial charge in [-0.25, -0.2) is 4.79 Å². The van der Waals surface area contributed by atoms with Crippen LogP contribution in [0, 0.1) is 6.92 Å². The van der Waals surface area contributed by atoms with Crippen LogP contribution in [0.5, 0.6) is 0 Å². The molecular formula is C18H19N3O2. The summed E-state index contributed by atoms with van der Waals surface area (Å²) >= 11 is 0. The first-order chi connectivity index (χ1) is 11.1. The van der Waals surface area contributed by atoms with E-state index < -0.39 is 0 Å². The van der Waals surface area contributed by atoms with Crippen molar-refractivity contribution in [3.63, 3.8) is 0 Å². The third-order valence-electron chi connectivity index (χ3n) is 3.59. The fourth-order valence-electron chi connectivity index (χ4n) is 2.22. The molecule has 0 heterocycles. The van der Waals surface area contributed by atoms with Gasteiger partial charge >= 0.3 is 6.03 Å². The van der Waals surface area contributed by atoms with E-state index in [4.69, 9.17) is 0 Å². The van der Waals surface area contributed by atoms with E-state index in [0.29, 0.717) is 17.3 Å². The van der Waals surface area contributed by atoms with Crippen LogP contribution in [0.2, 0.25) is 0 Å². The molecule has 5 nitrogen and oxygen atoms in total. The first kappa shape index (κ1) is 15.1. The molecule has 3 amide bonds. The average Bonchev–Trinajstić information content (AvgIpc) is 3.31. The Hall–Kier alpha value is -2.82. The Kier molecular flexibility index (Phi) is 4.28. The van der Waals surface area contributed by atoms with Crippen molar-refractivity contribution in [1.82, 2.24) is 5.32 Å². The smallest absolute Gasteiger partial charge is 0.323 e. The van der Waals surface area contributed by atoms with Crippen molar-refractivity contribution >= 4 is 23.3 Å². The molecule has 0 radical (unpaired) electrons. The normalized spacial score (nSPS) is 13.3. The highest BCUT2D eigenvalue weighted by Crippen LogP contribution is 2.19. The summed E-state index contributed by atoms with van der Waals surface area (Å²) in [7, 11) is 0. The van der Waals surface area contributed by atoms with Gasteiger partial charge in [-0.05, 0) is 61.7 Å². The highest BCUT2D eigenvalue weighted by Gasteiger charge is 2.23. The van der Waals surface area contributed by atoms with Gasteiger partial charge in [0.15, 0.2) is 0 Å². The molecular weight excluding hydrogens is 290 g/mol. The SMILES string of the molecule is Cc1cccc(NC(=O)Nc2ccc(C(=O)NC3CC3)cc2)c1. The first-order valence-corrected chi connectivity index (χ1v) is 7.66. The number of rotatable bonds is 4. The van der Waals surface area contributed by atoms with Crippen LogP contribution >= 0.6 is 0 Å². The largest absolute Gasteiger partial charge is 0.349 e. The highest BCUT2D eigenvalue weighted by atomic mass is 16.2. The van der Waals surface area contributed by atoms with Gasteiger partial charge in [0.25, 0.3) is 5.91 Å². The molecule has 0 bridgehead atoms. The highest BCUT2D eigenvalue weighted by molar-refractivity contribution is 6.00. The molecule has 1 fully saturated rings. The molecule has 0 spiro atoms. The second-order valence-electron chi connectivity index (χ2n) is 5.77. The number of amides is 3. The summed E-state index contributed by atoms with van der Waals surface area (Å²) in [5, 5.41) is 8.45. The van der Waals surface area contributed by atoms with Gasteiger partial charge in [0.2, 0.25) is 0 Å². The zero-order chi connectivity index (χ0) is 16.2. The third kappa shape index (κ3) is 4.32. The maximum Gasteiger partial charge on any atom is 0.323 e. The predicted octanol–water partition coefficient (Wildman–Crippen LogP) is 3.53. The summed E-state index contributed by atoms with van der Waals surface area (Å²) in [5.74, 6) is -0.0664. The van der Waals surface area contributed by atoms with Gasteiger partial charge in [0.1, 0.15) is 0 Å². The molecule has 0 atom stereocenters. The van der Waals surface area contributed by atoms with Crippen LogP contribution in [0.15, 0.2) is 48.5 Å². The van der Waals surface area contributed by atoms with E-state index in [9.17, 15) is 9.59 Å². The molecule has 1 saturated carbocycles. The van der Waals surface area contributed by atoms with E-state index in [0.717, 1.165) is 24.1 Å². The van der Waals surface area contributed by atoms with Crippen LogP contribution in [0.25, 0.3) is 0 Å². The number of benzene rings is 2. The minimum Gasteiger partial charge on any atom is -0.349 e. The molecule has 3 N–H and O–H groups in total. The zero-order valence-electron chi connectivity index (χ0n) is 12.9. The number of carbonyl (C=O) groups is 2. The van der Waals surface area contributed by atoms with Crippen molar-refractivity contribution in [2.24, 2.45) is 0 Å². The monoisotopic (exact) mass is 309 g/mol. The minimum atomic E-state index is -0.314. The van der Waals surface area contributed by atoms with Crippen LogP contribution in [0.4, 0.5) is 16.2 Å². The number of nitrogens with one attached hydrogen (secondary N) is 3. The van der Waals surface area contributed by atoms with E-state index in [2.05, 4.69) is 16.0 Å². The van der Waals surface area contributed by atoms with Crippen LogP contribution in [-0.4, -0.2) is 18.0 Å². The van der Waals surface area contributed by atoms with Gasteiger partial charge in [0.05, 0.1) is 0 Å². The Morgan fingerprint density at radius 3 is 2.30 bits per heavy atom. The third-order valence-corrected chi connectivity index (χ3v) is 3.59. The molecule has 0 aromatic heterocycles. The van der Waals surface area contributed by atoms with Gasteiger partial charge in [-0.2, -0.15) is 0 Å². The summed E-state index contributed by atoms with van der Waals surface area (Å²) in [6, 6.07) is 14.5. The molecule has 1 aliphatic rings. The van der Waals surface area contributed by atoms with Gasteiger partial charge < -0.3 is 16.0 Å². The summed E-state index contributed by atoms with van der Waals surface area (Å²) in [4.78, 5) is 23.9. The van der Waals surface area contributed by atoms with Crippen molar-refractivity contribution in [2.75, 3.05) is 10.6 Å². The predicted molar refractivity (Wildman–Crippen MR) is 90.8 cm³/mol. The number of anilines is 2. The van der Waals surface area contributed by atoms with Gasteiger partial charge in [0, 0.05) is 23.0 Å². The fourth-order valence-corrected chi connectivity index (χ4v) is 2.22. The molecule has 118 valence electrons. The zero-order valence-corrected chi connectivity index (χ0v) is 12.9. The molecule has 5 heteroatoms. The molecule has 2 aromatic rings. The molecule has 0 saturated heterocycles. The minimum absolute atomic E-state index is 0.0664. The van der Waals surface area contributed by atoms with Gasteiger partial charge in [-0.15, -0.1) is 0 Å². The maximum atomic E-state index is 12.0. The lowest BCUT2D eigenvalue weighted by atomic mass is 10.2. The van der Waals surface area contributed by atoms with Crippen LogP contribution < -0.4 is 16.0 Å².